The lowest BCUT2D eigenvalue weighted by molar-refractivity contribution is -0.136. The summed E-state index contributed by atoms with van der Waals surface area (Å²) in [7, 11) is 0. The first kappa shape index (κ1) is 14.4. The molecule has 1 aromatic carbocycles. The zero-order valence-electron chi connectivity index (χ0n) is 12.0. The number of carboxylic acid groups (broad SMARTS) is 1. The van der Waals surface area contributed by atoms with Gasteiger partial charge in [-0.05, 0) is 23.1 Å². The van der Waals surface area contributed by atoms with Crippen LogP contribution in [-0.4, -0.2) is 30.1 Å². The standard InChI is InChI=1S/C15H19NO4/c1-15(2,3)10-4-5-12-11(8-10)16(7-6-14(18)19)13(17)9-20-12/h4-5,8H,6-7,9H2,1-3H3,(H,18,19). The summed E-state index contributed by atoms with van der Waals surface area (Å²) in [5.41, 5.74) is 1.69. The fourth-order valence-corrected chi connectivity index (χ4v) is 2.12. The van der Waals surface area contributed by atoms with Crippen LogP contribution in [-0.2, 0) is 15.0 Å². The molecular weight excluding hydrogens is 258 g/mol. The molecule has 5 heteroatoms. The van der Waals surface area contributed by atoms with Crippen molar-refractivity contribution < 1.29 is 19.4 Å². The molecule has 0 saturated heterocycles. The van der Waals surface area contributed by atoms with Crippen molar-refractivity contribution in [2.75, 3.05) is 18.1 Å². The van der Waals surface area contributed by atoms with Crippen LogP contribution in [0.2, 0.25) is 0 Å². The van der Waals surface area contributed by atoms with Crippen LogP contribution < -0.4 is 9.64 Å². The fourth-order valence-electron chi connectivity index (χ4n) is 2.12. The summed E-state index contributed by atoms with van der Waals surface area (Å²) in [6.07, 6.45) is -0.0784. The maximum Gasteiger partial charge on any atom is 0.305 e. The number of benzene rings is 1. The van der Waals surface area contributed by atoms with E-state index >= 15 is 0 Å². The van der Waals surface area contributed by atoms with E-state index in [1.54, 1.807) is 0 Å². The van der Waals surface area contributed by atoms with E-state index < -0.39 is 5.97 Å². The van der Waals surface area contributed by atoms with Gasteiger partial charge < -0.3 is 14.7 Å². The maximum absolute atomic E-state index is 11.9. The van der Waals surface area contributed by atoms with Gasteiger partial charge in [-0.2, -0.15) is 0 Å². The Morgan fingerprint density at radius 3 is 2.70 bits per heavy atom. The molecule has 1 aliphatic heterocycles. The number of amides is 1. The Morgan fingerprint density at radius 1 is 1.40 bits per heavy atom. The molecule has 0 aliphatic carbocycles. The molecular formula is C15H19NO4. The molecule has 0 fully saturated rings. The lowest BCUT2D eigenvalue weighted by Gasteiger charge is -2.31. The van der Waals surface area contributed by atoms with Crippen molar-refractivity contribution in [1.82, 2.24) is 0 Å². The lowest BCUT2D eigenvalue weighted by Crippen LogP contribution is -2.40. The third-order valence-corrected chi connectivity index (χ3v) is 3.32. The van der Waals surface area contributed by atoms with Crippen LogP contribution in [0.25, 0.3) is 0 Å². The summed E-state index contributed by atoms with van der Waals surface area (Å²) in [6, 6.07) is 5.73. The Morgan fingerprint density at radius 2 is 2.10 bits per heavy atom. The minimum atomic E-state index is -0.919. The van der Waals surface area contributed by atoms with Gasteiger partial charge in [-0.25, -0.2) is 0 Å². The molecule has 1 aromatic rings. The van der Waals surface area contributed by atoms with Crippen molar-refractivity contribution in [1.29, 1.82) is 0 Å². The molecule has 20 heavy (non-hydrogen) atoms. The quantitative estimate of drug-likeness (QED) is 0.919. The molecule has 0 bridgehead atoms. The van der Waals surface area contributed by atoms with Crippen molar-refractivity contribution in [2.24, 2.45) is 0 Å². The average molecular weight is 277 g/mol. The smallest absolute Gasteiger partial charge is 0.305 e. The molecule has 0 radical (unpaired) electrons. The number of carbonyl (C=O) groups excluding carboxylic acids is 1. The first-order valence-electron chi connectivity index (χ1n) is 6.58. The minimum absolute atomic E-state index is 0.0402. The van der Waals surface area contributed by atoms with E-state index in [0.717, 1.165) is 5.56 Å². The van der Waals surface area contributed by atoms with Gasteiger partial charge in [-0.1, -0.05) is 26.8 Å². The third-order valence-electron chi connectivity index (χ3n) is 3.32. The second-order valence-electron chi connectivity index (χ2n) is 5.91. The SMILES string of the molecule is CC(C)(C)c1ccc2c(c1)N(CCC(=O)O)C(=O)CO2. The van der Waals surface area contributed by atoms with Crippen LogP contribution in [0.3, 0.4) is 0 Å². The van der Waals surface area contributed by atoms with Gasteiger partial charge in [0.05, 0.1) is 12.1 Å². The highest BCUT2D eigenvalue weighted by Gasteiger charge is 2.27. The molecule has 0 aromatic heterocycles. The Labute approximate surface area is 118 Å². The van der Waals surface area contributed by atoms with Crippen LogP contribution in [0, 0.1) is 0 Å². The van der Waals surface area contributed by atoms with Crippen LogP contribution in [0.4, 0.5) is 5.69 Å². The highest BCUT2D eigenvalue weighted by atomic mass is 16.5. The second-order valence-corrected chi connectivity index (χ2v) is 5.91. The Bertz CT molecular complexity index is 545. The first-order chi connectivity index (χ1) is 9.29. The van der Waals surface area contributed by atoms with E-state index in [1.807, 2.05) is 18.2 Å². The number of aliphatic carboxylic acids is 1. The van der Waals surface area contributed by atoms with Gasteiger partial charge >= 0.3 is 5.97 Å². The van der Waals surface area contributed by atoms with Crippen molar-refractivity contribution in [3.63, 3.8) is 0 Å². The average Bonchev–Trinajstić information content (AvgIpc) is 2.35. The normalized spacial score (nSPS) is 14.8. The van der Waals surface area contributed by atoms with Crippen molar-refractivity contribution >= 4 is 17.6 Å². The number of anilines is 1. The highest BCUT2D eigenvalue weighted by Crippen LogP contribution is 2.36. The van der Waals surface area contributed by atoms with Crippen molar-refractivity contribution in [3.05, 3.63) is 23.8 Å². The van der Waals surface area contributed by atoms with E-state index in [0.29, 0.717) is 11.4 Å². The first-order valence-corrected chi connectivity index (χ1v) is 6.58. The van der Waals surface area contributed by atoms with Gasteiger partial charge in [0.15, 0.2) is 6.61 Å². The Balaban J connectivity index is 2.37. The number of hydrogen-bond donors (Lipinski definition) is 1. The van der Waals surface area contributed by atoms with E-state index in [1.165, 1.54) is 4.90 Å². The molecule has 108 valence electrons. The van der Waals surface area contributed by atoms with Gasteiger partial charge in [0, 0.05) is 6.54 Å². The van der Waals surface area contributed by atoms with Gasteiger partial charge in [0.25, 0.3) is 5.91 Å². The Hall–Kier alpha value is -2.04. The number of carboxylic acids is 1. The van der Waals surface area contributed by atoms with Gasteiger partial charge in [-0.3, -0.25) is 9.59 Å². The van der Waals surface area contributed by atoms with Crippen LogP contribution >= 0.6 is 0 Å². The van der Waals surface area contributed by atoms with E-state index in [4.69, 9.17) is 9.84 Å². The molecule has 1 aliphatic rings. The number of rotatable bonds is 3. The maximum atomic E-state index is 11.9. The van der Waals surface area contributed by atoms with Crippen molar-refractivity contribution in [3.8, 4) is 5.75 Å². The molecule has 0 saturated carbocycles. The molecule has 5 nitrogen and oxygen atoms in total. The summed E-state index contributed by atoms with van der Waals surface area (Å²) in [5.74, 6) is -0.495. The summed E-state index contributed by atoms with van der Waals surface area (Å²) < 4.78 is 5.40. The topological polar surface area (TPSA) is 66.8 Å². The highest BCUT2D eigenvalue weighted by molar-refractivity contribution is 5.98. The molecule has 2 rings (SSSR count). The third kappa shape index (κ3) is 2.92. The monoisotopic (exact) mass is 277 g/mol. The number of ether oxygens (including phenoxy) is 1. The molecule has 1 heterocycles. The van der Waals surface area contributed by atoms with Gasteiger partial charge in [-0.15, -0.1) is 0 Å². The van der Waals surface area contributed by atoms with Gasteiger partial charge in [0.2, 0.25) is 0 Å². The number of carbonyl (C=O) groups is 2. The van der Waals surface area contributed by atoms with Gasteiger partial charge in [0.1, 0.15) is 5.75 Å². The number of hydrogen-bond acceptors (Lipinski definition) is 3. The lowest BCUT2D eigenvalue weighted by atomic mass is 9.86. The second kappa shape index (κ2) is 5.15. The molecule has 1 N–H and O–H groups in total. The van der Waals surface area contributed by atoms with E-state index in [9.17, 15) is 9.59 Å². The zero-order valence-corrected chi connectivity index (χ0v) is 12.0. The summed E-state index contributed by atoms with van der Waals surface area (Å²) in [4.78, 5) is 24.2. The number of nitrogens with zero attached hydrogens (tertiary/aromatic N) is 1. The van der Waals surface area contributed by atoms with Crippen molar-refractivity contribution in [2.45, 2.75) is 32.6 Å². The van der Waals surface area contributed by atoms with E-state index in [-0.39, 0.29) is 30.9 Å². The minimum Gasteiger partial charge on any atom is -0.482 e. The Kier molecular flexibility index (Phi) is 3.70. The fraction of sp³-hybridized carbons (Fsp3) is 0.467. The number of fused-ring (bicyclic) bond motifs is 1. The summed E-state index contributed by atoms with van der Waals surface area (Å²) in [6.45, 7) is 6.38. The van der Waals surface area contributed by atoms with E-state index in [2.05, 4.69) is 20.8 Å². The molecule has 0 unspecified atom stereocenters. The molecule has 0 spiro atoms. The van der Waals surface area contributed by atoms with Crippen LogP contribution in [0.5, 0.6) is 5.75 Å². The predicted octanol–water partition coefficient (Wildman–Crippen LogP) is 2.18. The molecule has 1 amide bonds. The van der Waals surface area contributed by atoms with Crippen LogP contribution in [0.1, 0.15) is 32.8 Å². The molecule has 0 atom stereocenters. The predicted molar refractivity (Wildman–Crippen MR) is 75.2 cm³/mol. The van der Waals surface area contributed by atoms with Crippen LogP contribution in [0.15, 0.2) is 18.2 Å². The summed E-state index contributed by atoms with van der Waals surface area (Å²) >= 11 is 0. The zero-order chi connectivity index (χ0) is 14.9. The largest absolute Gasteiger partial charge is 0.482 e. The summed E-state index contributed by atoms with van der Waals surface area (Å²) in [5, 5.41) is 8.79.